The minimum absolute atomic E-state index is 0.357. The molecule has 0 amide bonds. The Morgan fingerprint density at radius 2 is 0.963 bits per heavy atom. The first-order valence-electron chi connectivity index (χ1n) is 20.0. The van der Waals surface area contributed by atoms with E-state index in [1.807, 2.05) is 0 Å². The maximum Gasteiger partial charge on any atom is 0.0547 e. The minimum atomic E-state index is 0.357. The average molecular weight is 695 g/mol. The smallest absolute Gasteiger partial charge is 0.0547 e. The van der Waals surface area contributed by atoms with E-state index in [2.05, 4.69) is 173 Å². The number of fused-ring (bicyclic) bond motifs is 6. The van der Waals surface area contributed by atoms with Crippen LogP contribution in [0.3, 0.4) is 0 Å². The molecule has 2 heteroatoms. The number of rotatable bonds is 5. The molecule has 0 spiro atoms. The van der Waals surface area contributed by atoms with Gasteiger partial charge in [-0.05, 0) is 126 Å². The normalized spacial score (nSPS) is 21.9. The van der Waals surface area contributed by atoms with Gasteiger partial charge in [0.15, 0.2) is 0 Å². The fraction of sp³-hybridized carbons (Fsp3) is 0.192. The predicted octanol–water partition coefficient (Wildman–Crippen LogP) is 13.7. The van der Waals surface area contributed by atoms with Crippen LogP contribution in [-0.2, 0) is 5.41 Å². The van der Waals surface area contributed by atoms with Gasteiger partial charge in [-0.2, -0.15) is 0 Å². The van der Waals surface area contributed by atoms with Crippen LogP contribution in [0.5, 0.6) is 0 Å². The lowest BCUT2D eigenvalue weighted by molar-refractivity contribution is -0.00513. The van der Waals surface area contributed by atoms with Gasteiger partial charge in [0.25, 0.3) is 0 Å². The summed E-state index contributed by atoms with van der Waals surface area (Å²) in [6, 6.07) is 61.2. The van der Waals surface area contributed by atoms with E-state index in [1.54, 1.807) is 5.56 Å². The summed E-state index contributed by atoms with van der Waals surface area (Å²) in [4.78, 5) is 0. The molecule has 4 aliphatic rings. The highest BCUT2D eigenvalue weighted by molar-refractivity contribution is 6.16. The van der Waals surface area contributed by atoms with Gasteiger partial charge in [0, 0.05) is 32.8 Å². The Hall–Kier alpha value is -5.86. The summed E-state index contributed by atoms with van der Waals surface area (Å²) in [5.74, 6) is 2.78. The van der Waals surface area contributed by atoms with E-state index in [0.29, 0.717) is 5.41 Å². The van der Waals surface area contributed by atoms with Crippen LogP contribution in [0, 0.1) is 17.8 Å². The second-order valence-electron chi connectivity index (χ2n) is 16.8. The van der Waals surface area contributed by atoms with Crippen LogP contribution in [0.1, 0.15) is 44.1 Å². The summed E-state index contributed by atoms with van der Waals surface area (Å²) in [5, 5.41) is 5.26. The van der Waals surface area contributed by atoms with Gasteiger partial charge in [-0.15, -0.1) is 0 Å². The van der Waals surface area contributed by atoms with Crippen molar-refractivity contribution in [3.05, 3.63) is 169 Å². The van der Waals surface area contributed by atoms with Crippen molar-refractivity contribution in [2.75, 3.05) is 0 Å². The fourth-order valence-electron chi connectivity index (χ4n) is 11.9. The molecule has 260 valence electrons. The third kappa shape index (κ3) is 4.46. The Morgan fingerprint density at radius 3 is 1.70 bits per heavy atom. The minimum Gasteiger partial charge on any atom is -0.309 e. The molecule has 0 aliphatic heterocycles. The molecule has 2 aromatic heterocycles. The van der Waals surface area contributed by atoms with Crippen molar-refractivity contribution in [2.45, 2.75) is 43.9 Å². The van der Waals surface area contributed by atoms with Crippen LogP contribution >= 0.6 is 0 Å². The van der Waals surface area contributed by atoms with Crippen molar-refractivity contribution in [1.29, 1.82) is 0 Å². The van der Waals surface area contributed by atoms with E-state index in [1.165, 1.54) is 116 Å². The third-order valence-electron chi connectivity index (χ3n) is 13.7. The zero-order valence-corrected chi connectivity index (χ0v) is 30.5. The van der Waals surface area contributed by atoms with Gasteiger partial charge in [-0.1, -0.05) is 121 Å². The Balaban J connectivity index is 0.996. The van der Waals surface area contributed by atoms with Crippen LogP contribution < -0.4 is 0 Å². The van der Waals surface area contributed by atoms with Crippen molar-refractivity contribution in [1.82, 2.24) is 9.13 Å². The molecule has 4 fully saturated rings. The van der Waals surface area contributed by atoms with Crippen LogP contribution in [0.15, 0.2) is 164 Å². The van der Waals surface area contributed by atoms with Gasteiger partial charge in [-0.25, -0.2) is 0 Å². The number of benzene rings is 7. The SMILES string of the molecule is c1ccc(-n2c3ccccc3c3c(-c4ccc(-c5ccccc5-n5c6ccccc6c6ccc(C78CC9CC(CC(C9)C7)C8)cc65)cc4)cccc32)cc1. The van der Waals surface area contributed by atoms with Gasteiger partial charge >= 0.3 is 0 Å². The van der Waals surface area contributed by atoms with E-state index in [4.69, 9.17) is 0 Å². The molecule has 54 heavy (non-hydrogen) atoms. The molecule has 0 N–H and O–H groups in total. The summed E-state index contributed by atoms with van der Waals surface area (Å²) in [5.41, 5.74) is 14.4. The van der Waals surface area contributed by atoms with E-state index < -0.39 is 0 Å². The summed E-state index contributed by atoms with van der Waals surface area (Å²) >= 11 is 0. The molecule has 2 nitrogen and oxygen atoms in total. The quantitative estimate of drug-likeness (QED) is 0.170. The number of para-hydroxylation sites is 4. The van der Waals surface area contributed by atoms with Crippen LogP contribution in [0.25, 0.3) is 77.2 Å². The first-order valence-corrected chi connectivity index (χ1v) is 20.0. The summed E-state index contributed by atoms with van der Waals surface area (Å²) in [7, 11) is 0. The van der Waals surface area contributed by atoms with Gasteiger partial charge in [0.1, 0.15) is 0 Å². The highest BCUT2D eigenvalue weighted by Crippen LogP contribution is 2.61. The lowest BCUT2D eigenvalue weighted by atomic mass is 9.48. The highest BCUT2D eigenvalue weighted by Gasteiger charge is 2.51. The zero-order chi connectivity index (χ0) is 35.4. The molecule has 4 saturated carbocycles. The topological polar surface area (TPSA) is 9.86 Å². The van der Waals surface area contributed by atoms with E-state index in [-0.39, 0.29) is 0 Å². The Kier molecular flexibility index (Phi) is 6.55. The van der Waals surface area contributed by atoms with Crippen LogP contribution in [0.2, 0.25) is 0 Å². The maximum atomic E-state index is 2.61. The molecule has 0 unspecified atom stereocenters. The Labute approximate surface area is 316 Å². The average Bonchev–Trinajstić information content (AvgIpc) is 3.73. The fourth-order valence-corrected chi connectivity index (χ4v) is 11.9. The van der Waals surface area contributed by atoms with Gasteiger partial charge in [-0.3, -0.25) is 0 Å². The molecule has 7 aromatic carbocycles. The van der Waals surface area contributed by atoms with Crippen molar-refractivity contribution < 1.29 is 0 Å². The molecular weight excluding hydrogens is 653 g/mol. The summed E-state index contributed by atoms with van der Waals surface area (Å²) < 4.78 is 4.97. The summed E-state index contributed by atoms with van der Waals surface area (Å²) in [6.07, 6.45) is 8.57. The second-order valence-corrected chi connectivity index (χ2v) is 16.8. The van der Waals surface area contributed by atoms with Crippen LogP contribution in [-0.4, -0.2) is 9.13 Å². The van der Waals surface area contributed by atoms with Gasteiger partial charge in [0.05, 0.1) is 27.8 Å². The summed E-state index contributed by atoms with van der Waals surface area (Å²) in [6.45, 7) is 0. The zero-order valence-electron chi connectivity index (χ0n) is 30.5. The van der Waals surface area contributed by atoms with E-state index in [9.17, 15) is 0 Å². The number of hydrogen-bond acceptors (Lipinski definition) is 0. The third-order valence-corrected chi connectivity index (χ3v) is 13.7. The highest BCUT2D eigenvalue weighted by atomic mass is 15.0. The van der Waals surface area contributed by atoms with E-state index in [0.717, 1.165) is 17.8 Å². The molecular formula is C52H42N2. The first-order chi connectivity index (χ1) is 26.7. The van der Waals surface area contributed by atoms with Crippen molar-refractivity contribution in [3.63, 3.8) is 0 Å². The molecule has 0 radical (unpaired) electrons. The Bertz CT molecular complexity index is 2870. The monoisotopic (exact) mass is 694 g/mol. The van der Waals surface area contributed by atoms with Crippen molar-refractivity contribution in [2.24, 2.45) is 17.8 Å². The molecule has 0 saturated heterocycles. The van der Waals surface area contributed by atoms with Gasteiger partial charge < -0.3 is 9.13 Å². The number of nitrogens with zero attached hydrogens (tertiary/aromatic N) is 2. The maximum absolute atomic E-state index is 2.61. The molecule has 4 bridgehead atoms. The standard InChI is InChI=1S/C52H42N2/c1-2-11-40(12-3-1)53-48-19-9-6-15-45(48)51-42(16-10-20-49(51)53)38-23-21-37(22-24-38)41-13-4-7-17-46(41)54-47-18-8-5-14-43(47)44-26-25-39(30-50(44)54)52-31-34-27-35(32-52)29-36(28-34)33-52/h1-26,30,34-36H,27-29,31-33H2. The first kappa shape index (κ1) is 30.6. The lowest BCUT2D eigenvalue weighted by Crippen LogP contribution is -2.48. The van der Waals surface area contributed by atoms with Crippen LogP contribution in [0.4, 0.5) is 0 Å². The molecule has 0 atom stereocenters. The number of aromatic nitrogens is 2. The molecule has 4 aliphatic carbocycles. The second kappa shape index (κ2) is 11.6. The van der Waals surface area contributed by atoms with Crippen molar-refractivity contribution >= 4 is 43.6 Å². The van der Waals surface area contributed by atoms with Gasteiger partial charge in [0.2, 0.25) is 0 Å². The molecule has 2 heterocycles. The van der Waals surface area contributed by atoms with E-state index >= 15 is 0 Å². The lowest BCUT2D eigenvalue weighted by Gasteiger charge is -2.57. The molecule has 13 rings (SSSR count). The van der Waals surface area contributed by atoms with Crippen molar-refractivity contribution in [3.8, 4) is 33.6 Å². The molecule has 9 aromatic rings. The predicted molar refractivity (Wildman–Crippen MR) is 226 cm³/mol. The number of hydrogen-bond donors (Lipinski definition) is 0. The largest absolute Gasteiger partial charge is 0.309 e. The Morgan fingerprint density at radius 1 is 0.407 bits per heavy atom.